The molecule has 162 valence electrons. The molecular formula is C22H20F2N2O4S. The summed E-state index contributed by atoms with van der Waals surface area (Å²) in [5, 5.41) is 2.39. The van der Waals surface area contributed by atoms with E-state index in [4.69, 9.17) is 4.74 Å². The first-order chi connectivity index (χ1) is 14.6. The molecule has 31 heavy (non-hydrogen) atoms. The van der Waals surface area contributed by atoms with Gasteiger partial charge in [0.15, 0.2) is 18.2 Å². The van der Waals surface area contributed by atoms with Gasteiger partial charge >= 0.3 is 0 Å². The summed E-state index contributed by atoms with van der Waals surface area (Å²) >= 11 is 0. The first-order valence-corrected chi connectivity index (χ1v) is 10.7. The predicted octanol–water partition coefficient (Wildman–Crippen LogP) is 4.40. The van der Waals surface area contributed by atoms with Gasteiger partial charge in [0.05, 0.1) is 4.90 Å². The van der Waals surface area contributed by atoms with Gasteiger partial charge in [0.2, 0.25) is 0 Å². The molecule has 0 spiro atoms. The highest BCUT2D eigenvalue weighted by Gasteiger charge is 2.16. The Morgan fingerprint density at radius 2 is 1.58 bits per heavy atom. The van der Waals surface area contributed by atoms with Crippen molar-refractivity contribution >= 4 is 27.3 Å². The first-order valence-electron chi connectivity index (χ1n) is 9.22. The summed E-state index contributed by atoms with van der Waals surface area (Å²) in [6, 6.07) is 14.2. The molecule has 0 aromatic heterocycles. The molecule has 9 heteroatoms. The van der Waals surface area contributed by atoms with Crippen LogP contribution in [-0.2, 0) is 14.8 Å². The van der Waals surface area contributed by atoms with Gasteiger partial charge in [-0.15, -0.1) is 0 Å². The average Bonchev–Trinajstić information content (AvgIpc) is 2.71. The highest BCUT2D eigenvalue weighted by molar-refractivity contribution is 7.92. The van der Waals surface area contributed by atoms with Crippen molar-refractivity contribution in [3.05, 3.63) is 83.4 Å². The van der Waals surface area contributed by atoms with Crippen LogP contribution in [-0.4, -0.2) is 20.9 Å². The molecule has 0 fully saturated rings. The molecule has 0 unspecified atom stereocenters. The van der Waals surface area contributed by atoms with Crippen LogP contribution >= 0.6 is 0 Å². The van der Waals surface area contributed by atoms with Crippen LogP contribution in [0.1, 0.15) is 11.1 Å². The first kappa shape index (κ1) is 22.2. The van der Waals surface area contributed by atoms with Crippen LogP contribution in [0.15, 0.2) is 65.6 Å². The van der Waals surface area contributed by atoms with Gasteiger partial charge in [-0.05, 0) is 61.9 Å². The van der Waals surface area contributed by atoms with Crippen LogP contribution < -0.4 is 14.8 Å². The van der Waals surface area contributed by atoms with E-state index < -0.39 is 34.2 Å². The van der Waals surface area contributed by atoms with Crippen LogP contribution in [0.5, 0.6) is 5.75 Å². The van der Waals surface area contributed by atoms with Crippen molar-refractivity contribution in [2.45, 2.75) is 18.7 Å². The number of sulfonamides is 1. The van der Waals surface area contributed by atoms with Crippen molar-refractivity contribution in [2.24, 2.45) is 0 Å². The lowest BCUT2D eigenvalue weighted by Crippen LogP contribution is -2.20. The second kappa shape index (κ2) is 9.13. The minimum Gasteiger partial charge on any atom is -0.483 e. The molecule has 6 nitrogen and oxygen atoms in total. The van der Waals surface area contributed by atoms with Crippen molar-refractivity contribution in [3.63, 3.8) is 0 Å². The Hall–Kier alpha value is -3.46. The summed E-state index contributed by atoms with van der Waals surface area (Å²) in [6.07, 6.45) is 0. The predicted molar refractivity (Wildman–Crippen MR) is 114 cm³/mol. The number of hydrogen-bond donors (Lipinski definition) is 2. The lowest BCUT2D eigenvalue weighted by atomic mass is 10.2. The van der Waals surface area contributed by atoms with E-state index in [1.54, 1.807) is 31.2 Å². The molecule has 3 aromatic rings. The van der Waals surface area contributed by atoms with Gasteiger partial charge in [-0.1, -0.05) is 17.7 Å². The second-order valence-corrected chi connectivity index (χ2v) is 8.55. The van der Waals surface area contributed by atoms with E-state index in [-0.39, 0.29) is 10.6 Å². The number of carbonyl (C=O) groups excluding carboxylic acids is 1. The van der Waals surface area contributed by atoms with Crippen molar-refractivity contribution in [1.29, 1.82) is 0 Å². The largest absolute Gasteiger partial charge is 0.483 e. The zero-order valence-corrected chi connectivity index (χ0v) is 17.6. The van der Waals surface area contributed by atoms with Crippen LogP contribution in [0.2, 0.25) is 0 Å². The molecule has 0 aliphatic rings. The molecule has 0 saturated heterocycles. The van der Waals surface area contributed by atoms with Crippen LogP contribution in [0.4, 0.5) is 20.2 Å². The fraction of sp³-hybridized carbons (Fsp3) is 0.136. The number of nitrogens with one attached hydrogen (secondary N) is 2. The molecule has 0 bridgehead atoms. The van der Waals surface area contributed by atoms with E-state index in [9.17, 15) is 22.0 Å². The van der Waals surface area contributed by atoms with Gasteiger partial charge in [-0.3, -0.25) is 9.52 Å². The quantitative estimate of drug-likeness (QED) is 0.564. The fourth-order valence-electron chi connectivity index (χ4n) is 2.70. The Kier molecular flexibility index (Phi) is 6.55. The highest BCUT2D eigenvalue weighted by Crippen LogP contribution is 2.24. The Morgan fingerprint density at radius 1 is 0.903 bits per heavy atom. The van der Waals surface area contributed by atoms with Crippen molar-refractivity contribution in [2.75, 3.05) is 16.6 Å². The standard InChI is InChI=1S/C22H20F2N2O4S/c1-14-3-5-16(6-4-14)26-31(28,29)18-8-10-21(15(2)11-18)30-13-22(27)25-17-7-9-19(23)20(24)12-17/h3-12,26H,13H2,1-2H3,(H,25,27). The van der Waals surface area contributed by atoms with Crippen LogP contribution in [0.3, 0.4) is 0 Å². The van der Waals surface area contributed by atoms with Crippen molar-refractivity contribution in [3.8, 4) is 5.75 Å². The number of ether oxygens (including phenoxy) is 1. The maximum absolute atomic E-state index is 13.2. The molecule has 3 rings (SSSR count). The molecule has 0 atom stereocenters. The summed E-state index contributed by atoms with van der Waals surface area (Å²) in [7, 11) is -3.80. The Morgan fingerprint density at radius 3 is 2.23 bits per heavy atom. The maximum atomic E-state index is 13.2. The molecule has 2 N–H and O–H groups in total. The smallest absolute Gasteiger partial charge is 0.262 e. The zero-order chi connectivity index (χ0) is 22.6. The number of benzene rings is 3. The third-order valence-electron chi connectivity index (χ3n) is 4.32. The minimum atomic E-state index is -3.80. The second-order valence-electron chi connectivity index (χ2n) is 6.86. The Balaban J connectivity index is 1.64. The summed E-state index contributed by atoms with van der Waals surface area (Å²) in [4.78, 5) is 12.0. The molecular weight excluding hydrogens is 426 g/mol. The summed E-state index contributed by atoms with van der Waals surface area (Å²) in [6.45, 7) is 3.15. The van der Waals surface area contributed by atoms with E-state index >= 15 is 0 Å². The molecule has 0 heterocycles. The summed E-state index contributed by atoms with van der Waals surface area (Å²) in [5.74, 6) is -2.36. The molecule has 0 aliphatic heterocycles. The van der Waals surface area contributed by atoms with E-state index in [1.807, 2.05) is 6.92 Å². The lowest BCUT2D eigenvalue weighted by molar-refractivity contribution is -0.118. The maximum Gasteiger partial charge on any atom is 0.262 e. The number of aryl methyl sites for hydroxylation is 2. The third kappa shape index (κ3) is 5.79. The van der Waals surface area contributed by atoms with Crippen molar-refractivity contribution < 1.29 is 26.7 Å². The number of amides is 1. The van der Waals surface area contributed by atoms with E-state index in [1.165, 1.54) is 24.3 Å². The topological polar surface area (TPSA) is 84.5 Å². The van der Waals surface area contributed by atoms with E-state index in [2.05, 4.69) is 10.0 Å². The van der Waals surface area contributed by atoms with Gasteiger partial charge < -0.3 is 10.1 Å². The third-order valence-corrected chi connectivity index (χ3v) is 5.70. The van der Waals surface area contributed by atoms with Gasteiger partial charge in [0.25, 0.3) is 15.9 Å². The summed E-state index contributed by atoms with van der Waals surface area (Å²) < 4.78 is 59.3. The molecule has 3 aromatic carbocycles. The normalized spacial score (nSPS) is 11.1. The molecule has 1 amide bonds. The SMILES string of the molecule is Cc1ccc(NS(=O)(=O)c2ccc(OCC(=O)Nc3ccc(F)c(F)c3)c(C)c2)cc1. The monoisotopic (exact) mass is 446 g/mol. The zero-order valence-electron chi connectivity index (χ0n) is 16.8. The van der Waals surface area contributed by atoms with Crippen molar-refractivity contribution in [1.82, 2.24) is 0 Å². The number of rotatable bonds is 7. The molecule has 0 saturated carbocycles. The highest BCUT2D eigenvalue weighted by atomic mass is 32.2. The Labute approximate surface area is 178 Å². The number of anilines is 2. The minimum absolute atomic E-state index is 0.0455. The number of hydrogen-bond acceptors (Lipinski definition) is 4. The van der Waals surface area contributed by atoms with Gasteiger partial charge in [0.1, 0.15) is 5.75 Å². The summed E-state index contributed by atoms with van der Waals surface area (Å²) in [5.41, 5.74) is 2.05. The number of carbonyl (C=O) groups is 1. The fourth-order valence-corrected chi connectivity index (χ4v) is 3.84. The van der Waals surface area contributed by atoms with Crippen LogP contribution in [0.25, 0.3) is 0 Å². The number of halogens is 2. The van der Waals surface area contributed by atoms with Crippen LogP contribution in [0, 0.1) is 25.5 Å². The average molecular weight is 446 g/mol. The van der Waals surface area contributed by atoms with Gasteiger partial charge in [-0.25, -0.2) is 17.2 Å². The Bertz CT molecular complexity index is 1210. The van der Waals surface area contributed by atoms with E-state index in [0.717, 1.165) is 17.7 Å². The van der Waals surface area contributed by atoms with Gasteiger partial charge in [-0.2, -0.15) is 0 Å². The lowest BCUT2D eigenvalue weighted by Gasteiger charge is -2.12. The van der Waals surface area contributed by atoms with E-state index in [0.29, 0.717) is 17.0 Å². The molecule has 0 aliphatic carbocycles. The van der Waals surface area contributed by atoms with Gasteiger partial charge in [0, 0.05) is 17.4 Å². The molecule has 0 radical (unpaired) electrons.